The Balaban J connectivity index is 1.21. The number of carbonyl (C=O) groups is 3. The van der Waals surface area contributed by atoms with E-state index < -0.39 is 37.5 Å². The number of rotatable bonds is 18. The second kappa shape index (κ2) is 19.1. The molecule has 3 aliphatic rings. The molecule has 13 nitrogen and oxygen atoms in total. The van der Waals surface area contributed by atoms with Gasteiger partial charge in [-0.3, -0.25) is 19.3 Å². The second-order valence-electron chi connectivity index (χ2n) is 17.1. The number of fused-ring (bicyclic) bond motifs is 3. The summed E-state index contributed by atoms with van der Waals surface area (Å²) < 4.78 is 18.5. The lowest BCUT2D eigenvalue weighted by Gasteiger charge is -2.35. The number of ether oxygens (including phenoxy) is 3. The van der Waals surface area contributed by atoms with Gasteiger partial charge in [0.15, 0.2) is 13.9 Å². The normalized spacial score (nSPS) is 21.9. The minimum atomic E-state index is -3.11. The van der Waals surface area contributed by atoms with Gasteiger partial charge in [-0.1, -0.05) is 49.4 Å². The molecular weight excluding hydrogens is 805 g/mol. The smallest absolute Gasteiger partial charge is 0.264 e. The van der Waals surface area contributed by atoms with Crippen molar-refractivity contribution in [2.45, 2.75) is 89.0 Å². The molecule has 0 saturated carbocycles. The molecule has 1 saturated heterocycles. The van der Waals surface area contributed by atoms with Crippen LogP contribution in [0.25, 0.3) is 0 Å². The van der Waals surface area contributed by atoms with Crippen LogP contribution in [0.1, 0.15) is 55.4 Å². The first-order valence-corrected chi connectivity index (χ1v) is 24.7. The van der Waals surface area contributed by atoms with E-state index in [9.17, 15) is 24.6 Å². The molecule has 4 aromatic rings. The van der Waals surface area contributed by atoms with E-state index in [0.717, 1.165) is 34.5 Å². The van der Waals surface area contributed by atoms with Crippen LogP contribution in [-0.2, 0) is 44.2 Å². The number of anilines is 3. The van der Waals surface area contributed by atoms with E-state index in [2.05, 4.69) is 5.32 Å². The van der Waals surface area contributed by atoms with Crippen molar-refractivity contribution in [2.75, 3.05) is 49.8 Å². The third kappa shape index (κ3) is 8.90. The van der Waals surface area contributed by atoms with E-state index in [1.807, 2.05) is 112 Å². The summed E-state index contributed by atoms with van der Waals surface area (Å²) in [5.74, 6) is 0.100. The van der Waals surface area contributed by atoms with Gasteiger partial charge in [-0.2, -0.15) is 0 Å². The van der Waals surface area contributed by atoms with Crippen molar-refractivity contribution in [1.82, 2.24) is 10.2 Å². The van der Waals surface area contributed by atoms with Crippen LogP contribution in [-0.4, -0.2) is 98.1 Å². The summed E-state index contributed by atoms with van der Waals surface area (Å²) in [6.45, 7) is 9.06. The predicted molar refractivity (Wildman–Crippen MR) is 240 cm³/mol. The number of benzene rings is 4. The van der Waals surface area contributed by atoms with E-state index >= 15 is 4.79 Å². The summed E-state index contributed by atoms with van der Waals surface area (Å²) in [7, 11) is -1.54. The molecule has 0 bridgehead atoms. The number of hydrogen-bond acceptors (Lipinski definition) is 10. The Hall–Kier alpha value is -5.09. The van der Waals surface area contributed by atoms with Gasteiger partial charge in [0.05, 0.1) is 56.8 Å². The van der Waals surface area contributed by atoms with E-state index in [-0.39, 0.29) is 50.4 Å². The molecule has 7 rings (SSSR count). The molecule has 14 heteroatoms. The van der Waals surface area contributed by atoms with Gasteiger partial charge in [-0.05, 0) is 111 Å². The Morgan fingerprint density at radius 3 is 2.39 bits per heavy atom. The van der Waals surface area contributed by atoms with Crippen LogP contribution in [0.15, 0.2) is 91.0 Å². The summed E-state index contributed by atoms with van der Waals surface area (Å²) in [5, 5.41) is 22.7. The standard InChI is InChI=1S/C48H60N4O9Si/c1-6-60-38-18-19-41-35(26-38)27-40(49-21-10-11-23-53)46(56)52(41)36-16-12-15-34(25-36)31-51-42-20-17-37(59-3)28-39(42)48(47(51)57)32(2)45(62(4,5)58)43(61-48)29-44(55)50(22-24-54)30-33-13-8-7-9-14-33/h7-9,12-20,25-26,28,32,40,43,45,49,53-54,58H,6,10-11,21-24,27,29-31H2,1-5H3/t32-,40?,43+,45-,48+/m0/s1. The number of unbranched alkanes of at least 4 members (excludes halogenated alkanes) is 1. The molecule has 3 heterocycles. The lowest BCUT2D eigenvalue weighted by atomic mass is 9.82. The third-order valence-electron chi connectivity index (χ3n) is 12.5. The lowest BCUT2D eigenvalue weighted by molar-refractivity contribution is -0.150. The van der Waals surface area contributed by atoms with Crippen molar-refractivity contribution >= 4 is 43.1 Å². The van der Waals surface area contributed by atoms with Crippen LogP contribution in [0.3, 0.4) is 0 Å². The van der Waals surface area contributed by atoms with Crippen molar-refractivity contribution in [1.29, 1.82) is 0 Å². The number of methoxy groups -OCH3 is 1. The average molecular weight is 865 g/mol. The molecule has 1 spiro atoms. The summed E-state index contributed by atoms with van der Waals surface area (Å²) >= 11 is 0. The molecule has 1 unspecified atom stereocenters. The van der Waals surface area contributed by atoms with Gasteiger partial charge in [0, 0.05) is 42.4 Å². The summed E-state index contributed by atoms with van der Waals surface area (Å²) in [6, 6.07) is 28.0. The molecule has 1 fully saturated rings. The van der Waals surface area contributed by atoms with Gasteiger partial charge in [0.2, 0.25) is 11.8 Å². The zero-order chi connectivity index (χ0) is 44.2. The summed E-state index contributed by atoms with van der Waals surface area (Å²) in [5.41, 5.74) is 3.29. The van der Waals surface area contributed by atoms with E-state index in [0.29, 0.717) is 55.2 Å². The second-order valence-corrected chi connectivity index (χ2v) is 21.0. The van der Waals surface area contributed by atoms with E-state index in [4.69, 9.17) is 14.2 Å². The minimum absolute atomic E-state index is 0.0795. The zero-order valence-electron chi connectivity index (χ0n) is 36.4. The van der Waals surface area contributed by atoms with Gasteiger partial charge in [0.25, 0.3) is 5.91 Å². The van der Waals surface area contributed by atoms with Crippen LogP contribution in [0.5, 0.6) is 11.5 Å². The first kappa shape index (κ1) is 44.9. The number of aliphatic hydroxyl groups is 2. The predicted octanol–water partition coefficient (Wildman–Crippen LogP) is 5.80. The molecule has 3 amide bonds. The van der Waals surface area contributed by atoms with Gasteiger partial charge in [-0.15, -0.1) is 0 Å². The SMILES string of the molecule is CCOc1ccc2c(c1)CC(NCCCCO)C(=O)N2c1cccc(CN2C(=O)[C@]3(O[C@H](CC(=O)N(CCO)Cc4ccccc4)[C@@H]([Si](C)(C)O)[C@@H]3C)c3cc(OC)ccc32)c1. The zero-order valence-corrected chi connectivity index (χ0v) is 37.4. The lowest BCUT2D eigenvalue weighted by Crippen LogP contribution is -2.49. The van der Waals surface area contributed by atoms with Gasteiger partial charge >= 0.3 is 0 Å². The molecule has 4 N–H and O–H groups in total. The number of hydrogen-bond donors (Lipinski definition) is 4. The van der Waals surface area contributed by atoms with E-state index in [1.165, 1.54) is 0 Å². The number of aliphatic hydroxyl groups excluding tert-OH is 2. The van der Waals surface area contributed by atoms with Gasteiger partial charge in [-0.25, -0.2) is 0 Å². The fraction of sp³-hybridized carbons (Fsp3) is 0.438. The number of carbonyl (C=O) groups excluding carboxylic acids is 3. The molecule has 0 radical (unpaired) electrons. The monoisotopic (exact) mass is 864 g/mol. The minimum Gasteiger partial charge on any atom is -0.497 e. The summed E-state index contributed by atoms with van der Waals surface area (Å²) in [4.78, 5) is 60.7. The number of nitrogens with one attached hydrogen (secondary N) is 1. The molecule has 0 aromatic heterocycles. The fourth-order valence-electron chi connectivity index (χ4n) is 9.76. The summed E-state index contributed by atoms with van der Waals surface area (Å²) in [6.07, 6.45) is 0.989. The Labute approximate surface area is 365 Å². The Kier molecular flexibility index (Phi) is 13.9. The quantitative estimate of drug-likeness (QED) is 0.0711. The Morgan fingerprint density at radius 1 is 0.935 bits per heavy atom. The maximum Gasteiger partial charge on any atom is 0.264 e. The molecular formula is C48H60N4O9Si. The van der Waals surface area contributed by atoms with Crippen molar-refractivity contribution in [3.63, 3.8) is 0 Å². The third-order valence-corrected chi connectivity index (χ3v) is 15.0. The Morgan fingerprint density at radius 2 is 1.68 bits per heavy atom. The number of nitrogens with zero attached hydrogens (tertiary/aromatic N) is 3. The fourth-order valence-corrected chi connectivity index (χ4v) is 12.3. The maximum atomic E-state index is 15.3. The van der Waals surface area contributed by atoms with Gasteiger partial charge in [0.1, 0.15) is 11.5 Å². The van der Waals surface area contributed by atoms with Crippen LogP contribution in [0.2, 0.25) is 18.6 Å². The molecule has 62 heavy (non-hydrogen) atoms. The van der Waals surface area contributed by atoms with Crippen molar-refractivity contribution < 1.29 is 43.6 Å². The van der Waals surface area contributed by atoms with Crippen molar-refractivity contribution in [2.24, 2.45) is 5.92 Å². The highest BCUT2D eigenvalue weighted by Crippen LogP contribution is 2.60. The van der Waals surface area contributed by atoms with Crippen molar-refractivity contribution in [3.05, 3.63) is 113 Å². The molecule has 5 atom stereocenters. The van der Waals surface area contributed by atoms with Gasteiger partial charge < -0.3 is 44.3 Å². The van der Waals surface area contributed by atoms with Crippen LogP contribution >= 0.6 is 0 Å². The van der Waals surface area contributed by atoms with Crippen LogP contribution < -0.4 is 24.6 Å². The highest BCUT2D eigenvalue weighted by atomic mass is 28.4. The van der Waals surface area contributed by atoms with E-state index in [1.54, 1.807) is 27.9 Å². The molecule has 3 aliphatic heterocycles. The topological polar surface area (TPSA) is 161 Å². The van der Waals surface area contributed by atoms with Crippen LogP contribution in [0, 0.1) is 5.92 Å². The molecule has 4 aromatic carbocycles. The molecule has 0 aliphatic carbocycles. The highest BCUT2D eigenvalue weighted by molar-refractivity contribution is 6.71. The maximum absolute atomic E-state index is 15.3. The largest absolute Gasteiger partial charge is 0.497 e. The number of amides is 3. The Bertz CT molecular complexity index is 2240. The highest BCUT2D eigenvalue weighted by Gasteiger charge is 2.66. The van der Waals surface area contributed by atoms with Crippen LogP contribution in [0.4, 0.5) is 17.1 Å². The average Bonchev–Trinajstić information content (AvgIpc) is 3.68. The van der Waals surface area contributed by atoms with Crippen molar-refractivity contribution in [3.8, 4) is 11.5 Å². The first-order valence-electron chi connectivity index (χ1n) is 21.7. The first-order chi connectivity index (χ1) is 29.8. The molecule has 330 valence electrons.